The summed E-state index contributed by atoms with van der Waals surface area (Å²) in [5.74, 6) is 0.713. The predicted molar refractivity (Wildman–Crippen MR) is 74.4 cm³/mol. The number of nitrogens with zero attached hydrogens (tertiary/aromatic N) is 4. The van der Waals surface area contributed by atoms with Crippen molar-refractivity contribution in [2.75, 3.05) is 26.2 Å². The van der Waals surface area contributed by atoms with E-state index in [2.05, 4.69) is 48.2 Å². The standard InChI is InChI=1S/C13H27N5/c1-5-14-9-13-11-18(16-15-13)8-7-17(6-2)10-12(3)4/h11-12,14H,5-10H2,1-4H3. The second-order valence-corrected chi connectivity index (χ2v) is 5.04. The Labute approximate surface area is 111 Å². The molecule has 1 aromatic heterocycles. The van der Waals surface area contributed by atoms with Crippen molar-refractivity contribution >= 4 is 0 Å². The number of hydrogen-bond acceptors (Lipinski definition) is 4. The number of rotatable bonds is 9. The Morgan fingerprint density at radius 3 is 2.78 bits per heavy atom. The highest BCUT2D eigenvalue weighted by molar-refractivity contribution is 4.91. The fourth-order valence-electron chi connectivity index (χ4n) is 1.92. The average Bonchev–Trinajstić information content (AvgIpc) is 2.79. The summed E-state index contributed by atoms with van der Waals surface area (Å²) in [6, 6.07) is 0. The van der Waals surface area contributed by atoms with Crippen molar-refractivity contribution in [2.24, 2.45) is 5.92 Å². The van der Waals surface area contributed by atoms with Crippen LogP contribution in [0.25, 0.3) is 0 Å². The number of likely N-dealkylation sites (N-methyl/N-ethyl adjacent to an activating group) is 1. The SMILES string of the molecule is CCNCc1cn(CCN(CC)CC(C)C)nn1. The summed E-state index contributed by atoms with van der Waals surface area (Å²) in [5, 5.41) is 11.6. The molecule has 0 aliphatic heterocycles. The number of aromatic nitrogens is 3. The van der Waals surface area contributed by atoms with Gasteiger partial charge in [-0.2, -0.15) is 0 Å². The Morgan fingerprint density at radius 1 is 1.39 bits per heavy atom. The summed E-state index contributed by atoms with van der Waals surface area (Å²) in [6.07, 6.45) is 2.03. The van der Waals surface area contributed by atoms with Crippen LogP contribution in [0.2, 0.25) is 0 Å². The van der Waals surface area contributed by atoms with Crippen LogP contribution >= 0.6 is 0 Å². The average molecular weight is 253 g/mol. The van der Waals surface area contributed by atoms with E-state index in [1.165, 1.54) is 0 Å². The fourth-order valence-corrected chi connectivity index (χ4v) is 1.92. The minimum atomic E-state index is 0.713. The lowest BCUT2D eigenvalue weighted by Crippen LogP contribution is -2.31. The van der Waals surface area contributed by atoms with Gasteiger partial charge in [-0.05, 0) is 19.0 Å². The highest BCUT2D eigenvalue weighted by Gasteiger charge is 2.06. The molecule has 1 heterocycles. The van der Waals surface area contributed by atoms with Gasteiger partial charge in [-0.1, -0.05) is 32.9 Å². The van der Waals surface area contributed by atoms with Gasteiger partial charge in [-0.25, -0.2) is 0 Å². The van der Waals surface area contributed by atoms with Gasteiger partial charge in [-0.15, -0.1) is 5.10 Å². The molecule has 0 atom stereocenters. The van der Waals surface area contributed by atoms with Crippen LogP contribution in [0.1, 0.15) is 33.4 Å². The lowest BCUT2D eigenvalue weighted by molar-refractivity contribution is 0.242. The molecule has 18 heavy (non-hydrogen) atoms. The lowest BCUT2D eigenvalue weighted by Gasteiger charge is -2.22. The highest BCUT2D eigenvalue weighted by atomic mass is 15.4. The fraction of sp³-hybridized carbons (Fsp3) is 0.846. The van der Waals surface area contributed by atoms with Crippen LogP contribution in [0.3, 0.4) is 0 Å². The van der Waals surface area contributed by atoms with E-state index < -0.39 is 0 Å². The molecule has 0 aliphatic carbocycles. The molecule has 5 heteroatoms. The molecule has 0 saturated carbocycles. The maximum atomic E-state index is 4.15. The van der Waals surface area contributed by atoms with Gasteiger partial charge in [0, 0.05) is 25.8 Å². The molecule has 0 aromatic carbocycles. The first-order valence-corrected chi connectivity index (χ1v) is 6.97. The van der Waals surface area contributed by atoms with Gasteiger partial charge in [0.05, 0.1) is 12.2 Å². The first kappa shape index (κ1) is 15.1. The Kier molecular flexibility index (Phi) is 6.90. The van der Waals surface area contributed by atoms with Gasteiger partial charge in [0.1, 0.15) is 0 Å². The van der Waals surface area contributed by atoms with E-state index in [0.717, 1.165) is 45.0 Å². The Hall–Kier alpha value is -0.940. The second-order valence-electron chi connectivity index (χ2n) is 5.04. The van der Waals surface area contributed by atoms with Gasteiger partial charge in [0.15, 0.2) is 0 Å². The molecule has 0 fully saturated rings. The molecule has 5 nitrogen and oxygen atoms in total. The third-order valence-electron chi connectivity index (χ3n) is 2.86. The summed E-state index contributed by atoms with van der Waals surface area (Å²) in [4.78, 5) is 2.45. The van der Waals surface area contributed by atoms with Gasteiger partial charge < -0.3 is 10.2 Å². The molecule has 0 radical (unpaired) electrons. The molecular weight excluding hydrogens is 226 g/mol. The van der Waals surface area contributed by atoms with Crippen LogP contribution in [0.15, 0.2) is 6.20 Å². The van der Waals surface area contributed by atoms with E-state index in [9.17, 15) is 0 Å². The van der Waals surface area contributed by atoms with Crippen molar-refractivity contribution in [3.63, 3.8) is 0 Å². The maximum Gasteiger partial charge on any atom is 0.0964 e. The third-order valence-corrected chi connectivity index (χ3v) is 2.86. The van der Waals surface area contributed by atoms with Crippen LogP contribution in [-0.2, 0) is 13.1 Å². The molecule has 104 valence electrons. The zero-order chi connectivity index (χ0) is 13.4. The van der Waals surface area contributed by atoms with E-state index in [0.29, 0.717) is 5.92 Å². The molecule has 1 N–H and O–H groups in total. The van der Waals surface area contributed by atoms with Gasteiger partial charge in [0.2, 0.25) is 0 Å². The van der Waals surface area contributed by atoms with Crippen LogP contribution in [0.4, 0.5) is 0 Å². The van der Waals surface area contributed by atoms with Gasteiger partial charge in [0.25, 0.3) is 0 Å². The first-order valence-electron chi connectivity index (χ1n) is 6.97. The molecule has 0 bridgehead atoms. The highest BCUT2D eigenvalue weighted by Crippen LogP contribution is 1.99. The second kappa shape index (κ2) is 8.21. The Balaban J connectivity index is 2.35. The lowest BCUT2D eigenvalue weighted by atomic mass is 10.2. The van der Waals surface area contributed by atoms with E-state index in [1.54, 1.807) is 0 Å². The van der Waals surface area contributed by atoms with Crippen LogP contribution in [0.5, 0.6) is 0 Å². The van der Waals surface area contributed by atoms with Crippen molar-refractivity contribution in [1.29, 1.82) is 0 Å². The summed E-state index contributed by atoms with van der Waals surface area (Å²) in [7, 11) is 0. The van der Waals surface area contributed by atoms with Gasteiger partial charge >= 0.3 is 0 Å². The predicted octanol–water partition coefficient (Wildman–Crippen LogP) is 1.37. The number of nitrogens with one attached hydrogen (secondary N) is 1. The summed E-state index contributed by atoms with van der Waals surface area (Å²) >= 11 is 0. The van der Waals surface area contributed by atoms with E-state index in [1.807, 2.05) is 10.9 Å². The van der Waals surface area contributed by atoms with Crippen molar-refractivity contribution in [3.05, 3.63) is 11.9 Å². The summed E-state index contributed by atoms with van der Waals surface area (Å²) < 4.78 is 1.94. The smallest absolute Gasteiger partial charge is 0.0964 e. The Bertz CT molecular complexity index is 321. The molecule has 0 unspecified atom stereocenters. The largest absolute Gasteiger partial charge is 0.311 e. The van der Waals surface area contributed by atoms with Crippen molar-refractivity contribution in [2.45, 2.75) is 40.8 Å². The minimum absolute atomic E-state index is 0.713. The minimum Gasteiger partial charge on any atom is -0.311 e. The molecule has 0 saturated heterocycles. The molecule has 1 aromatic rings. The number of hydrogen-bond donors (Lipinski definition) is 1. The zero-order valence-corrected chi connectivity index (χ0v) is 12.2. The third kappa shape index (κ3) is 5.60. The van der Waals surface area contributed by atoms with E-state index in [4.69, 9.17) is 0 Å². The maximum absolute atomic E-state index is 4.15. The normalized spacial score (nSPS) is 11.7. The quantitative estimate of drug-likeness (QED) is 0.722. The topological polar surface area (TPSA) is 46.0 Å². The molecule has 0 aliphatic rings. The van der Waals surface area contributed by atoms with E-state index in [-0.39, 0.29) is 0 Å². The van der Waals surface area contributed by atoms with Crippen LogP contribution < -0.4 is 5.32 Å². The van der Waals surface area contributed by atoms with Crippen LogP contribution in [-0.4, -0.2) is 46.1 Å². The molecule has 0 amide bonds. The summed E-state index contributed by atoms with van der Waals surface area (Å²) in [6.45, 7) is 14.8. The monoisotopic (exact) mass is 253 g/mol. The van der Waals surface area contributed by atoms with Crippen LogP contribution in [0, 0.1) is 5.92 Å². The Morgan fingerprint density at radius 2 is 2.17 bits per heavy atom. The van der Waals surface area contributed by atoms with Crippen molar-refractivity contribution < 1.29 is 0 Å². The van der Waals surface area contributed by atoms with Crippen molar-refractivity contribution in [3.8, 4) is 0 Å². The molecule has 1 rings (SSSR count). The molecular formula is C13H27N5. The van der Waals surface area contributed by atoms with Crippen molar-refractivity contribution in [1.82, 2.24) is 25.2 Å². The molecule has 0 spiro atoms. The van der Waals surface area contributed by atoms with E-state index >= 15 is 0 Å². The van der Waals surface area contributed by atoms with Gasteiger partial charge in [-0.3, -0.25) is 4.68 Å². The first-order chi connectivity index (χ1) is 8.65. The summed E-state index contributed by atoms with van der Waals surface area (Å²) in [5.41, 5.74) is 1.02. The zero-order valence-electron chi connectivity index (χ0n) is 12.2.